The molecule has 8 nitrogen and oxygen atoms in total. The van der Waals surface area contributed by atoms with Crippen LogP contribution in [-0.2, 0) is 4.79 Å². The van der Waals surface area contributed by atoms with Crippen LogP contribution < -0.4 is 20.2 Å². The maximum absolute atomic E-state index is 13.9. The molecule has 0 aliphatic carbocycles. The summed E-state index contributed by atoms with van der Waals surface area (Å²) in [4.78, 5) is 41.6. The lowest BCUT2D eigenvalue weighted by Crippen LogP contribution is -2.40. The molecule has 0 saturated heterocycles. The lowest BCUT2D eigenvalue weighted by atomic mass is 9.95. The maximum atomic E-state index is 13.9. The second-order valence-electron chi connectivity index (χ2n) is 9.50. The van der Waals surface area contributed by atoms with E-state index in [1.165, 1.54) is 23.1 Å². The van der Waals surface area contributed by atoms with Gasteiger partial charge < -0.3 is 9.73 Å². The minimum atomic E-state index is -0.636. The van der Waals surface area contributed by atoms with Crippen LogP contribution >= 0.6 is 23.1 Å². The number of thiazole rings is 1. The number of aryl methyl sites for hydroxylation is 2. The standard InChI is InChI=1S/C31H25N5O3S2/c1-18-16-19(2)33-30(32-18)41-25-15-14-23(39-25)17-24-29(38)36-27(21-10-6-4-7-11-21)26(20(3)34-31(36)40-24)28(37)35-22-12-8-5-9-13-22/h4-17,27H,1-3H3,(H,35,37)/b24-17+/t27-/m0/s1. The Kier molecular flexibility index (Phi) is 7.25. The van der Waals surface area contributed by atoms with E-state index in [9.17, 15) is 9.59 Å². The number of rotatable bonds is 6. The fourth-order valence-electron chi connectivity index (χ4n) is 4.71. The smallest absolute Gasteiger partial charge is 0.271 e. The van der Waals surface area contributed by atoms with Crippen LogP contribution in [0.3, 0.4) is 0 Å². The quantitative estimate of drug-likeness (QED) is 0.283. The minimum Gasteiger partial charge on any atom is -0.450 e. The van der Waals surface area contributed by atoms with Crippen molar-refractivity contribution in [1.29, 1.82) is 0 Å². The molecule has 6 rings (SSSR count). The molecule has 3 aromatic heterocycles. The molecule has 0 radical (unpaired) electrons. The number of furan rings is 1. The Labute approximate surface area is 243 Å². The molecule has 0 fully saturated rings. The molecule has 4 heterocycles. The Morgan fingerprint density at radius 1 is 0.976 bits per heavy atom. The van der Waals surface area contributed by atoms with Crippen molar-refractivity contribution in [2.75, 3.05) is 5.32 Å². The largest absolute Gasteiger partial charge is 0.450 e. The van der Waals surface area contributed by atoms with E-state index in [-0.39, 0.29) is 11.5 Å². The molecule has 2 aromatic carbocycles. The number of carbonyl (C=O) groups is 1. The number of hydrogen-bond donors (Lipinski definition) is 1. The number of carbonyl (C=O) groups excluding carboxylic acids is 1. The summed E-state index contributed by atoms with van der Waals surface area (Å²) in [6.45, 7) is 5.65. The van der Waals surface area contributed by atoms with Gasteiger partial charge in [0.05, 0.1) is 21.8 Å². The molecule has 1 atom stereocenters. The van der Waals surface area contributed by atoms with Gasteiger partial charge in [0.25, 0.3) is 11.5 Å². The zero-order chi connectivity index (χ0) is 28.5. The Hall–Kier alpha value is -4.54. The zero-order valence-corrected chi connectivity index (χ0v) is 24.1. The van der Waals surface area contributed by atoms with Crippen LogP contribution in [0.1, 0.15) is 35.7 Å². The Bertz CT molecular complexity index is 1960. The molecule has 10 heteroatoms. The lowest BCUT2D eigenvalue weighted by Gasteiger charge is -2.25. The van der Waals surface area contributed by atoms with E-state index in [0.29, 0.717) is 42.3 Å². The summed E-state index contributed by atoms with van der Waals surface area (Å²) in [5.41, 5.74) is 3.98. The minimum absolute atomic E-state index is 0.247. The van der Waals surface area contributed by atoms with Crippen molar-refractivity contribution in [3.05, 3.63) is 133 Å². The molecule has 5 aromatic rings. The molecule has 204 valence electrons. The average molecular weight is 580 g/mol. The first-order valence-corrected chi connectivity index (χ1v) is 14.5. The van der Waals surface area contributed by atoms with Crippen LogP contribution in [0.4, 0.5) is 5.69 Å². The molecule has 0 unspecified atom stereocenters. The van der Waals surface area contributed by atoms with Crippen LogP contribution in [0.2, 0.25) is 0 Å². The van der Waals surface area contributed by atoms with Crippen molar-refractivity contribution < 1.29 is 9.21 Å². The van der Waals surface area contributed by atoms with Gasteiger partial charge in [-0.1, -0.05) is 59.9 Å². The molecule has 1 aliphatic heterocycles. The highest BCUT2D eigenvalue weighted by atomic mass is 32.2. The van der Waals surface area contributed by atoms with Gasteiger partial charge in [0.15, 0.2) is 15.1 Å². The molecule has 0 bridgehead atoms. The molecule has 1 N–H and O–H groups in total. The highest BCUT2D eigenvalue weighted by Crippen LogP contribution is 2.31. The predicted octanol–water partition coefficient (Wildman–Crippen LogP) is 5.02. The lowest BCUT2D eigenvalue weighted by molar-refractivity contribution is -0.113. The molecule has 0 spiro atoms. The van der Waals surface area contributed by atoms with Gasteiger partial charge in [0.1, 0.15) is 5.76 Å². The highest BCUT2D eigenvalue weighted by Gasteiger charge is 2.32. The third-order valence-corrected chi connectivity index (χ3v) is 8.21. The van der Waals surface area contributed by atoms with E-state index in [2.05, 4.69) is 15.3 Å². The van der Waals surface area contributed by atoms with Gasteiger partial charge in [-0.25, -0.2) is 15.0 Å². The molecular weight excluding hydrogens is 555 g/mol. The summed E-state index contributed by atoms with van der Waals surface area (Å²) in [5, 5.41) is 4.18. The average Bonchev–Trinajstić information content (AvgIpc) is 3.51. The van der Waals surface area contributed by atoms with Crippen LogP contribution in [0.25, 0.3) is 6.08 Å². The number of fused-ring (bicyclic) bond motifs is 1. The number of anilines is 1. The summed E-state index contributed by atoms with van der Waals surface area (Å²) in [6.07, 6.45) is 1.71. The topological polar surface area (TPSA) is 102 Å². The van der Waals surface area contributed by atoms with Crippen LogP contribution in [0.5, 0.6) is 0 Å². The normalized spacial score (nSPS) is 15.0. The van der Waals surface area contributed by atoms with E-state index in [0.717, 1.165) is 17.0 Å². The molecule has 1 amide bonds. The van der Waals surface area contributed by atoms with E-state index in [1.54, 1.807) is 17.6 Å². The fraction of sp³-hybridized carbons (Fsp3) is 0.129. The van der Waals surface area contributed by atoms with E-state index < -0.39 is 6.04 Å². The number of hydrogen-bond acceptors (Lipinski definition) is 8. The summed E-state index contributed by atoms with van der Waals surface area (Å²) in [7, 11) is 0. The summed E-state index contributed by atoms with van der Waals surface area (Å²) in [5.74, 6) is 0.220. The van der Waals surface area contributed by atoms with E-state index in [4.69, 9.17) is 9.41 Å². The summed E-state index contributed by atoms with van der Waals surface area (Å²) in [6, 6.07) is 23.7. The third kappa shape index (κ3) is 5.57. The number of nitrogens with one attached hydrogen (secondary N) is 1. The third-order valence-electron chi connectivity index (χ3n) is 6.44. The Balaban J connectivity index is 1.39. The molecular formula is C31H25N5O3S2. The highest BCUT2D eigenvalue weighted by molar-refractivity contribution is 7.99. The van der Waals surface area contributed by atoms with E-state index >= 15 is 0 Å². The summed E-state index contributed by atoms with van der Waals surface area (Å²) >= 11 is 2.59. The Morgan fingerprint density at radius 2 is 1.66 bits per heavy atom. The van der Waals surface area contributed by atoms with Crippen molar-refractivity contribution in [2.45, 2.75) is 37.1 Å². The second kappa shape index (κ2) is 11.1. The molecule has 1 aliphatic rings. The maximum Gasteiger partial charge on any atom is 0.271 e. The first-order chi connectivity index (χ1) is 19.9. The number of para-hydroxylation sites is 1. The van der Waals surface area contributed by atoms with Gasteiger partial charge >= 0.3 is 0 Å². The van der Waals surface area contributed by atoms with E-state index in [1.807, 2.05) is 92.7 Å². The number of benzene rings is 2. The molecule has 0 saturated carbocycles. The first kappa shape index (κ1) is 26.7. The Morgan fingerprint density at radius 3 is 2.37 bits per heavy atom. The van der Waals surface area contributed by atoms with Crippen LogP contribution in [-0.4, -0.2) is 20.4 Å². The van der Waals surface area contributed by atoms with Gasteiger partial charge in [-0.05, 0) is 68.4 Å². The number of allylic oxidation sites excluding steroid dienone is 1. The van der Waals surface area contributed by atoms with Gasteiger partial charge in [-0.15, -0.1) is 0 Å². The van der Waals surface area contributed by atoms with Crippen molar-refractivity contribution >= 4 is 40.8 Å². The zero-order valence-electron chi connectivity index (χ0n) is 22.5. The monoisotopic (exact) mass is 579 g/mol. The predicted molar refractivity (Wildman–Crippen MR) is 160 cm³/mol. The van der Waals surface area contributed by atoms with Crippen molar-refractivity contribution in [1.82, 2.24) is 14.5 Å². The fourth-order valence-corrected chi connectivity index (χ4v) is 6.57. The van der Waals surface area contributed by atoms with Gasteiger partial charge in [-0.2, -0.15) is 0 Å². The summed E-state index contributed by atoms with van der Waals surface area (Å²) < 4.78 is 8.05. The van der Waals surface area contributed by atoms with Gasteiger partial charge in [0.2, 0.25) is 0 Å². The van der Waals surface area contributed by atoms with Crippen molar-refractivity contribution in [2.24, 2.45) is 4.99 Å². The second-order valence-corrected chi connectivity index (χ2v) is 11.5. The number of aromatic nitrogens is 3. The SMILES string of the molecule is CC1=C(C(=O)Nc2ccccc2)[C@H](c2ccccc2)n2c(s/c(=C/c3ccc(Sc4nc(C)cc(C)n4)o3)c2=O)=N1. The van der Waals surface area contributed by atoms with Crippen molar-refractivity contribution in [3.8, 4) is 0 Å². The van der Waals surface area contributed by atoms with Crippen molar-refractivity contribution in [3.63, 3.8) is 0 Å². The first-order valence-electron chi connectivity index (χ1n) is 12.9. The number of amides is 1. The van der Waals surface area contributed by atoms with Gasteiger partial charge in [-0.3, -0.25) is 14.2 Å². The van der Waals surface area contributed by atoms with Crippen LogP contribution in [0.15, 0.2) is 115 Å². The number of nitrogens with zero attached hydrogens (tertiary/aromatic N) is 4. The molecule has 41 heavy (non-hydrogen) atoms. The van der Waals surface area contributed by atoms with Crippen LogP contribution in [0, 0.1) is 13.8 Å². The van der Waals surface area contributed by atoms with Gasteiger partial charge in [0, 0.05) is 23.2 Å².